The zero-order valence-corrected chi connectivity index (χ0v) is 14.1. The van der Waals surface area contributed by atoms with E-state index >= 15 is 0 Å². The molecule has 0 saturated carbocycles. The highest BCUT2D eigenvalue weighted by Gasteiger charge is 2.20. The van der Waals surface area contributed by atoms with Crippen LogP contribution in [-0.2, 0) is 0 Å². The molecule has 0 aliphatic heterocycles. The van der Waals surface area contributed by atoms with Crippen molar-refractivity contribution in [2.45, 2.75) is 39.5 Å². The Hall–Kier alpha value is -0.480. The number of hydrogen-bond acceptors (Lipinski definition) is 2. The summed E-state index contributed by atoms with van der Waals surface area (Å²) in [5, 5.41) is 0. The van der Waals surface area contributed by atoms with Gasteiger partial charge in [-0.25, -0.2) is 0 Å². The fourth-order valence-electron chi connectivity index (χ4n) is 1.65. The van der Waals surface area contributed by atoms with Crippen LogP contribution >= 0.6 is 31.9 Å². The molecule has 0 aliphatic rings. The zero-order chi connectivity index (χ0) is 13.4. The summed E-state index contributed by atoms with van der Waals surface area (Å²) in [6.07, 6.45) is 0. The molecule has 2 rings (SSSR count). The van der Waals surface area contributed by atoms with Gasteiger partial charge >= 0.3 is 0 Å². The largest absolute Gasteiger partial charge is 0.456 e. The van der Waals surface area contributed by atoms with Gasteiger partial charge in [0.1, 0.15) is 11.5 Å². The fraction of sp³-hybridized carbons (Fsp3) is 0.429. The number of halogens is 2. The number of hydrogen-bond donors (Lipinski definition) is 0. The van der Waals surface area contributed by atoms with E-state index in [4.69, 9.17) is 8.83 Å². The summed E-state index contributed by atoms with van der Waals surface area (Å²) in [6, 6.07) is 4.01. The van der Waals surface area contributed by atoms with E-state index < -0.39 is 0 Å². The third-order valence-electron chi connectivity index (χ3n) is 2.76. The first kappa shape index (κ1) is 13.9. The maximum Gasteiger partial charge on any atom is 0.184 e. The SMILES string of the molecule is CC(C)c1cc(Br)c(-c2oc(C(C)C)cc2Br)o1. The summed E-state index contributed by atoms with van der Waals surface area (Å²) in [7, 11) is 0. The van der Waals surface area contributed by atoms with E-state index in [9.17, 15) is 0 Å². The molecule has 0 aliphatic carbocycles. The van der Waals surface area contributed by atoms with Gasteiger partial charge in [0.15, 0.2) is 11.5 Å². The summed E-state index contributed by atoms with van der Waals surface area (Å²) >= 11 is 7.06. The molecular formula is C14H16Br2O2. The van der Waals surface area contributed by atoms with E-state index in [-0.39, 0.29) is 0 Å². The van der Waals surface area contributed by atoms with Crippen LogP contribution < -0.4 is 0 Å². The van der Waals surface area contributed by atoms with E-state index in [1.165, 1.54) is 0 Å². The van der Waals surface area contributed by atoms with Gasteiger partial charge in [0, 0.05) is 11.8 Å². The standard InChI is InChI=1S/C14H16Br2O2/c1-7(2)11-5-9(15)13(17-11)14-10(16)6-12(18-14)8(3)4/h5-8H,1-4H3. The molecule has 0 saturated heterocycles. The maximum absolute atomic E-state index is 5.87. The summed E-state index contributed by atoms with van der Waals surface area (Å²) < 4.78 is 13.6. The van der Waals surface area contributed by atoms with Gasteiger partial charge < -0.3 is 8.83 Å². The molecule has 98 valence electrons. The molecule has 0 fully saturated rings. The fourth-order valence-corrected chi connectivity index (χ4v) is 2.62. The smallest absolute Gasteiger partial charge is 0.184 e. The predicted molar refractivity (Wildman–Crippen MR) is 80.0 cm³/mol. The third-order valence-corrected chi connectivity index (χ3v) is 3.93. The third kappa shape index (κ3) is 2.59. The van der Waals surface area contributed by atoms with E-state index in [2.05, 4.69) is 59.6 Å². The second-order valence-corrected chi connectivity index (χ2v) is 6.67. The van der Waals surface area contributed by atoms with Crippen molar-refractivity contribution < 1.29 is 8.83 Å². The first-order valence-electron chi connectivity index (χ1n) is 5.99. The van der Waals surface area contributed by atoms with Gasteiger partial charge in [-0.3, -0.25) is 0 Å². The lowest BCUT2D eigenvalue weighted by Gasteiger charge is -1.99. The highest BCUT2D eigenvalue weighted by atomic mass is 79.9. The zero-order valence-electron chi connectivity index (χ0n) is 10.9. The molecule has 2 nitrogen and oxygen atoms in total. The Bertz CT molecular complexity index is 500. The molecule has 2 heterocycles. The van der Waals surface area contributed by atoms with Crippen LogP contribution in [0.25, 0.3) is 11.5 Å². The van der Waals surface area contributed by atoms with Gasteiger partial charge in [0.25, 0.3) is 0 Å². The Morgan fingerprint density at radius 3 is 1.33 bits per heavy atom. The molecular weight excluding hydrogens is 360 g/mol. The molecule has 4 heteroatoms. The number of furan rings is 2. The van der Waals surface area contributed by atoms with Crippen LogP contribution in [0.15, 0.2) is 29.9 Å². The van der Waals surface area contributed by atoms with Crippen molar-refractivity contribution in [2.24, 2.45) is 0 Å². The highest BCUT2D eigenvalue weighted by molar-refractivity contribution is 9.11. The summed E-state index contributed by atoms with van der Waals surface area (Å²) in [5.41, 5.74) is 0. The van der Waals surface area contributed by atoms with Gasteiger partial charge in [-0.2, -0.15) is 0 Å². The van der Waals surface area contributed by atoms with E-state index in [0.29, 0.717) is 11.8 Å². The van der Waals surface area contributed by atoms with Crippen molar-refractivity contribution >= 4 is 31.9 Å². The second kappa shape index (κ2) is 5.25. The molecule has 0 bridgehead atoms. The highest BCUT2D eigenvalue weighted by Crippen LogP contribution is 2.40. The van der Waals surface area contributed by atoms with Crippen LogP contribution in [0.2, 0.25) is 0 Å². The van der Waals surface area contributed by atoms with Crippen molar-refractivity contribution in [3.8, 4) is 11.5 Å². The average molecular weight is 376 g/mol. The number of rotatable bonds is 3. The molecule has 2 aromatic heterocycles. The van der Waals surface area contributed by atoms with Crippen LogP contribution in [0, 0.1) is 0 Å². The van der Waals surface area contributed by atoms with E-state index in [1.54, 1.807) is 0 Å². The van der Waals surface area contributed by atoms with Gasteiger partial charge in [-0.05, 0) is 44.0 Å². The molecule has 0 radical (unpaired) electrons. The quantitative estimate of drug-likeness (QED) is 0.628. The predicted octanol–water partition coefficient (Wildman–Crippen LogP) is 6.31. The summed E-state index contributed by atoms with van der Waals surface area (Å²) in [6.45, 7) is 8.41. The molecule has 0 atom stereocenters. The Morgan fingerprint density at radius 1 is 0.778 bits per heavy atom. The Balaban J connectivity index is 2.48. The Labute approximate surface area is 124 Å². The van der Waals surface area contributed by atoms with Crippen LogP contribution in [0.3, 0.4) is 0 Å². The minimum absolute atomic E-state index is 0.355. The van der Waals surface area contributed by atoms with Crippen LogP contribution in [0.4, 0.5) is 0 Å². The van der Waals surface area contributed by atoms with Gasteiger partial charge in [0.2, 0.25) is 0 Å². The molecule has 0 N–H and O–H groups in total. The minimum Gasteiger partial charge on any atom is -0.456 e. The summed E-state index contributed by atoms with van der Waals surface area (Å²) in [5.74, 6) is 4.11. The lowest BCUT2D eigenvalue weighted by atomic mass is 10.2. The average Bonchev–Trinajstić information content (AvgIpc) is 2.82. The van der Waals surface area contributed by atoms with Crippen molar-refractivity contribution in [3.05, 3.63) is 32.6 Å². The summed E-state index contributed by atoms with van der Waals surface area (Å²) in [4.78, 5) is 0. The van der Waals surface area contributed by atoms with Crippen molar-refractivity contribution in [2.75, 3.05) is 0 Å². The molecule has 0 unspecified atom stereocenters. The minimum atomic E-state index is 0.355. The van der Waals surface area contributed by atoms with Crippen molar-refractivity contribution in [3.63, 3.8) is 0 Å². The Morgan fingerprint density at radius 2 is 1.11 bits per heavy atom. The molecule has 18 heavy (non-hydrogen) atoms. The van der Waals surface area contributed by atoms with Crippen LogP contribution in [-0.4, -0.2) is 0 Å². The van der Waals surface area contributed by atoms with Gasteiger partial charge in [0.05, 0.1) is 8.95 Å². The van der Waals surface area contributed by atoms with Crippen molar-refractivity contribution in [1.82, 2.24) is 0 Å². The van der Waals surface area contributed by atoms with E-state index in [1.807, 2.05) is 12.1 Å². The normalized spacial score (nSPS) is 11.8. The van der Waals surface area contributed by atoms with Crippen LogP contribution in [0.1, 0.15) is 51.1 Å². The topological polar surface area (TPSA) is 26.3 Å². The molecule has 0 spiro atoms. The second-order valence-electron chi connectivity index (χ2n) is 4.96. The van der Waals surface area contributed by atoms with E-state index in [0.717, 1.165) is 32.0 Å². The molecule has 0 aromatic carbocycles. The van der Waals surface area contributed by atoms with Gasteiger partial charge in [-0.15, -0.1) is 0 Å². The Kier molecular flexibility index (Phi) is 4.07. The lowest BCUT2D eigenvalue weighted by molar-refractivity contribution is 0.453. The monoisotopic (exact) mass is 374 g/mol. The van der Waals surface area contributed by atoms with Gasteiger partial charge in [-0.1, -0.05) is 27.7 Å². The molecule has 0 amide bonds. The lowest BCUT2D eigenvalue weighted by Crippen LogP contribution is -1.81. The first-order chi connectivity index (χ1) is 8.40. The van der Waals surface area contributed by atoms with Crippen molar-refractivity contribution in [1.29, 1.82) is 0 Å². The molecule has 2 aromatic rings. The van der Waals surface area contributed by atoms with Crippen LogP contribution in [0.5, 0.6) is 0 Å². The first-order valence-corrected chi connectivity index (χ1v) is 7.57. The maximum atomic E-state index is 5.87.